The first-order valence-corrected chi connectivity index (χ1v) is 8.57. The summed E-state index contributed by atoms with van der Waals surface area (Å²) >= 11 is 0. The molecule has 6 nitrogen and oxygen atoms in total. The summed E-state index contributed by atoms with van der Waals surface area (Å²) in [5.41, 5.74) is 4.02. The predicted molar refractivity (Wildman–Crippen MR) is 95.0 cm³/mol. The monoisotopic (exact) mass is 353 g/mol. The number of rotatable bonds is 4. The van der Waals surface area contributed by atoms with Gasteiger partial charge in [0, 0.05) is 35.2 Å². The summed E-state index contributed by atoms with van der Waals surface area (Å²) in [6, 6.07) is 8.72. The first-order chi connectivity index (χ1) is 12.7. The van der Waals surface area contributed by atoms with Crippen molar-refractivity contribution in [1.82, 2.24) is 0 Å². The molecule has 0 bridgehead atoms. The van der Waals surface area contributed by atoms with Crippen molar-refractivity contribution in [3.05, 3.63) is 52.6 Å². The second-order valence-corrected chi connectivity index (χ2v) is 6.31. The molecule has 0 aliphatic carbocycles. The third-order valence-electron chi connectivity index (χ3n) is 4.66. The number of carbonyl (C=O) groups is 2. The van der Waals surface area contributed by atoms with E-state index in [0.717, 1.165) is 41.0 Å². The molecule has 1 N–H and O–H groups in total. The van der Waals surface area contributed by atoms with Gasteiger partial charge in [-0.3, -0.25) is 4.79 Å². The van der Waals surface area contributed by atoms with E-state index in [1.54, 1.807) is 24.3 Å². The van der Waals surface area contributed by atoms with Gasteiger partial charge in [0.05, 0.1) is 32.3 Å². The van der Waals surface area contributed by atoms with Crippen molar-refractivity contribution in [3.8, 4) is 11.5 Å². The van der Waals surface area contributed by atoms with Crippen molar-refractivity contribution in [2.24, 2.45) is 0 Å². The number of esters is 1. The first kappa shape index (κ1) is 16.4. The minimum atomic E-state index is -0.439. The van der Waals surface area contributed by atoms with Crippen molar-refractivity contribution in [1.29, 1.82) is 0 Å². The van der Waals surface area contributed by atoms with Gasteiger partial charge in [-0.1, -0.05) is 6.07 Å². The van der Waals surface area contributed by atoms with Crippen LogP contribution in [-0.2, 0) is 28.8 Å². The van der Waals surface area contributed by atoms with E-state index in [-0.39, 0.29) is 12.3 Å². The number of methoxy groups -OCH3 is 1. The van der Waals surface area contributed by atoms with Crippen LogP contribution in [0.3, 0.4) is 0 Å². The zero-order valence-electron chi connectivity index (χ0n) is 14.5. The fraction of sp³-hybridized carbons (Fsp3) is 0.300. The molecule has 0 spiro atoms. The van der Waals surface area contributed by atoms with Gasteiger partial charge in [-0.25, -0.2) is 4.79 Å². The Morgan fingerprint density at radius 3 is 2.85 bits per heavy atom. The number of ether oxygens (including phenoxy) is 3. The molecule has 2 aliphatic heterocycles. The maximum absolute atomic E-state index is 12.6. The van der Waals surface area contributed by atoms with Crippen LogP contribution in [0.2, 0.25) is 0 Å². The molecule has 0 radical (unpaired) electrons. The summed E-state index contributed by atoms with van der Waals surface area (Å²) in [7, 11) is 1.33. The van der Waals surface area contributed by atoms with Crippen molar-refractivity contribution in [2.45, 2.75) is 19.3 Å². The van der Waals surface area contributed by atoms with E-state index < -0.39 is 5.97 Å². The Hall–Kier alpha value is -3.02. The Morgan fingerprint density at radius 2 is 2.00 bits per heavy atom. The molecule has 6 heteroatoms. The summed E-state index contributed by atoms with van der Waals surface area (Å²) in [4.78, 5) is 24.2. The van der Waals surface area contributed by atoms with Gasteiger partial charge in [-0.2, -0.15) is 0 Å². The number of anilines is 1. The lowest BCUT2D eigenvalue weighted by atomic mass is 9.97. The second-order valence-electron chi connectivity index (χ2n) is 6.31. The van der Waals surface area contributed by atoms with E-state index in [0.29, 0.717) is 24.5 Å². The molecule has 0 aromatic heterocycles. The van der Waals surface area contributed by atoms with E-state index in [1.807, 2.05) is 6.07 Å². The molecular formula is C20H19NO5. The number of fused-ring (bicyclic) bond motifs is 2. The average molecular weight is 353 g/mol. The highest BCUT2D eigenvalue weighted by atomic mass is 16.5. The van der Waals surface area contributed by atoms with Crippen LogP contribution in [0.1, 0.15) is 27.0 Å². The van der Waals surface area contributed by atoms with E-state index in [2.05, 4.69) is 5.32 Å². The minimum Gasteiger partial charge on any atom is -0.493 e. The topological polar surface area (TPSA) is 73.9 Å². The van der Waals surface area contributed by atoms with E-state index >= 15 is 0 Å². The lowest BCUT2D eigenvalue weighted by molar-refractivity contribution is -0.115. The lowest BCUT2D eigenvalue weighted by Crippen LogP contribution is -2.16. The molecule has 2 aromatic carbocycles. The van der Waals surface area contributed by atoms with Gasteiger partial charge >= 0.3 is 5.97 Å². The highest BCUT2D eigenvalue weighted by Crippen LogP contribution is 2.40. The van der Waals surface area contributed by atoms with Gasteiger partial charge in [-0.05, 0) is 24.3 Å². The zero-order chi connectivity index (χ0) is 18.1. The molecule has 0 fully saturated rings. The maximum atomic E-state index is 12.6. The summed E-state index contributed by atoms with van der Waals surface area (Å²) < 4.78 is 16.2. The second kappa shape index (κ2) is 6.71. The summed E-state index contributed by atoms with van der Waals surface area (Å²) in [5, 5.41) is 2.85. The van der Waals surface area contributed by atoms with Gasteiger partial charge in [0.15, 0.2) is 0 Å². The number of benzene rings is 2. The first-order valence-electron chi connectivity index (χ1n) is 8.57. The molecule has 134 valence electrons. The normalized spacial score (nSPS) is 14.0. The van der Waals surface area contributed by atoms with Crippen LogP contribution in [-0.4, -0.2) is 32.2 Å². The van der Waals surface area contributed by atoms with Crippen LogP contribution in [0.15, 0.2) is 30.3 Å². The third kappa shape index (κ3) is 2.98. The third-order valence-corrected chi connectivity index (χ3v) is 4.66. The largest absolute Gasteiger partial charge is 0.493 e. The van der Waals surface area contributed by atoms with Gasteiger partial charge in [0.25, 0.3) is 0 Å². The van der Waals surface area contributed by atoms with Gasteiger partial charge in [0.1, 0.15) is 11.5 Å². The van der Waals surface area contributed by atoms with Crippen molar-refractivity contribution >= 4 is 17.6 Å². The quantitative estimate of drug-likeness (QED) is 0.855. The van der Waals surface area contributed by atoms with Crippen molar-refractivity contribution in [2.75, 3.05) is 25.6 Å². The Morgan fingerprint density at radius 1 is 1.15 bits per heavy atom. The molecule has 2 aliphatic rings. The van der Waals surface area contributed by atoms with Gasteiger partial charge in [0.2, 0.25) is 5.91 Å². The Labute approximate surface area is 151 Å². The fourth-order valence-corrected chi connectivity index (χ4v) is 3.48. The number of amides is 1. The minimum absolute atomic E-state index is 0.162. The number of nitrogens with one attached hydrogen (secondary N) is 1. The summed E-state index contributed by atoms with van der Waals surface area (Å²) in [6.45, 7) is 1.27. The van der Waals surface area contributed by atoms with Crippen LogP contribution in [0.5, 0.6) is 11.5 Å². The summed E-state index contributed by atoms with van der Waals surface area (Å²) in [5.74, 6) is 1.09. The van der Waals surface area contributed by atoms with E-state index in [1.165, 1.54) is 7.11 Å². The molecular weight excluding hydrogens is 334 g/mol. The molecule has 26 heavy (non-hydrogen) atoms. The number of carbonyl (C=O) groups excluding carboxylic acids is 2. The SMILES string of the molecule is COC(=O)c1cccc(NC(=O)Cc2c3c(cc4c2OCC4)OCC3)c1. The van der Waals surface area contributed by atoms with Gasteiger partial charge in [-0.15, -0.1) is 0 Å². The Balaban J connectivity index is 1.56. The number of hydrogen-bond acceptors (Lipinski definition) is 5. The van der Waals surface area contributed by atoms with Crippen LogP contribution in [0, 0.1) is 0 Å². The molecule has 2 heterocycles. The Bertz CT molecular complexity index is 858. The number of hydrogen-bond donors (Lipinski definition) is 1. The van der Waals surface area contributed by atoms with E-state index in [4.69, 9.17) is 14.2 Å². The standard InChI is InChI=1S/C20H19NO5/c1-24-20(23)13-3-2-4-14(9-13)21-18(22)11-16-15-6-8-25-17(15)10-12-5-7-26-19(12)16/h2-4,9-10H,5-8,11H2,1H3,(H,21,22). The molecule has 0 atom stereocenters. The van der Waals surface area contributed by atoms with E-state index in [9.17, 15) is 9.59 Å². The highest BCUT2D eigenvalue weighted by molar-refractivity contribution is 5.95. The smallest absolute Gasteiger partial charge is 0.337 e. The van der Waals surface area contributed by atoms with Crippen molar-refractivity contribution < 1.29 is 23.8 Å². The molecule has 0 saturated heterocycles. The molecule has 0 unspecified atom stereocenters. The highest BCUT2D eigenvalue weighted by Gasteiger charge is 2.27. The lowest BCUT2D eigenvalue weighted by Gasteiger charge is -2.13. The van der Waals surface area contributed by atoms with Gasteiger partial charge < -0.3 is 19.5 Å². The predicted octanol–water partition coefficient (Wildman–Crippen LogP) is 2.52. The summed E-state index contributed by atoms with van der Waals surface area (Å²) in [6.07, 6.45) is 1.82. The molecule has 0 saturated carbocycles. The average Bonchev–Trinajstić information content (AvgIpc) is 3.30. The van der Waals surface area contributed by atoms with Crippen LogP contribution in [0.4, 0.5) is 5.69 Å². The fourth-order valence-electron chi connectivity index (χ4n) is 3.48. The Kier molecular flexibility index (Phi) is 4.24. The van der Waals surface area contributed by atoms with Crippen LogP contribution in [0.25, 0.3) is 0 Å². The zero-order valence-corrected chi connectivity index (χ0v) is 14.5. The molecule has 1 amide bonds. The van der Waals surface area contributed by atoms with Crippen LogP contribution >= 0.6 is 0 Å². The van der Waals surface area contributed by atoms with Crippen LogP contribution < -0.4 is 14.8 Å². The van der Waals surface area contributed by atoms with Crippen molar-refractivity contribution in [3.63, 3.8) is 0 Å². The molecule has 2 aromatic rings. The molecule has 4 rings (SSSR count). The maximum Gasteiger partial charge on any atom is 0.337 e.